The summed E-state index contributed by atoms with van der Waals surface area (Å²) in [5.41, 5.74) is 0. The second kappa shape index (κ2) is 67.2. The smallest absolute Gasteiger partial charge is 0.462 e. The minimum absolute atomic E-state index is 0.105. The van der Waals surface area contributed by atoms with Crippen LogP contribution < -0.4 is 0 Å². The molecule has 17 nitrogen and oxygen atoms in total. The first-order valence-electron chi connectivity index (χ1n) is 40.3. The van der Waals surface area contributed by atoms with Gasteiger partial charge in [0.2, 0.25) is 0 Å². The highest BCUT2D eigenvalue weighted by atomic mass is 31.2. The molecule has 0 radical (unpaired) electrons. The zero-order valence-electron chi connectivity index (χ0n) is 63.7. The lowest BCUT2D eigenvalue weighted by Gasteiger charge is -2.21. The Labute approximate surface area is 594 Å². The van der Waals surface area contributed by atoms with Gasteiger partial charge in [0.25, 0.3) is 0 Å². The summed E-state index contributed by atoms with van der Waals surface area (Å²) in [6.45, 7) is 14.3. The van der Waals surface area contributed by atoms with Crippen LogP contribution in [0.15, 0.2) is 0 Å². The van der Waals surface area contributed by atoms with Crippen LogP contribution in [0.25, 0.3) is 0 Å². The SMILES string of the molecule is CCC(C)CCCCCCCCCCCCCCCCC(=O)OC[C@H](COP(=O)(O)OC[C@@H](O)COP(=O)(O)OC[C@@H](COC(=O)CCCCCCCCC(C)CC)OC(=O)CCCCCCCCCCCCCCCCC(C)C)OC(=O)CCCCCCCCCCC(C)CC. The van der Waals surface area contributed by atoms with Gasteiger partial charge in [0.05, 0.1) is 26.4 Å². The van der Waals surface area contributed by atoms with Crippen molar-refractivity contribution in [3.63, 3.8) is 0 Å². The highest BCUT2D eigenvalue weighted by Gasteiger charge is 2.30. The van der Waals surface area contributed by atoms with E-state index < -0.39 is 97.5 Å². The number of carbonyl (C=O) groups excluding carboxylic acids is 4. The summed E-state index contributed by atoms with van der Waals surface area (Å²) in [6.07, 6.45) is 52.6. The van der Waals surface area contributed by atoms with E-state index in [0.717, 1.165) is 120 Å². The quantitative estimate of drug-likeness (QED) is 0.0222. The van der Waals surface area contributed by atoms with Gasteiger partial charge in [0, 0.05) is 25.7 Å². The molecule has 0 aliphatic heterocycles. The number of esters is 4. The van der Waals surface area contributed by atoms with Crippen molar-refractivity contribution in [2.75, 3.05) is 39.6 Å². The maximum Gasteiger partial charge on any atom is 0.472 e. The lowest BCUT2D eigenvalue weighted by atomic mass is 9.99. The van der Waals surface area contributed by atoms with Crippen molar-refractivity contribution in [2.45, 2.75) is 414 Å². The molecule has 0 aliphatic carbocycles. The number of rotatable bonds is 75. The van der Waals surface area contributed by atoms with E-state index in [0.29, 0.717) is 25.7 Å². The topological polar surface area (TPSA) is 237 Å². The highest BCUT2D eigenvalue weighted by Crippen LogP contribution is 2.45. The first kappa shape index (κ1) is 95.1. The third kappa shape index (κ3) is 68.3. The van der Waals surface area contributed by atoms with E-state index in [4.69, 9.17) is 37.0 Å². The Kier molecular flexibility index (Phi) is 65.9. The van der Waals surface area contributed by atoms with Crippen LogP contribution in [-0.2, 0) is 65.4 Å². The van der Waals surface area contributed by atoms with Crippen LogP contribution >= 0.6 is 15.6 Å². The monoisotopic (exact) mass is 1420 g/mol. The Bertz CT molecular complexity index is 1910. The number of phosphoric ester groups is 2. The van der Waals surface area contributed by atoms with Crippen LogP contribution in [0.5, 0.6) is 0 Å². The highest BCUT2D eigenvalue weighted by molar-refractivity contribution is 7.47. The molecule has 0 aliphatic rings. The first-order chi connectivity index (χ1) is 46.7. The molecule has 0 aromatic heterocycles. The van der Waals surface area contributed by atoms with Crippen molar-refractivity contribution in [3.05, 3.63) is 0 Å². The standard InChI is InChI=1S/C78H152O17P2/c1-9-69(6)55-47-39-31-25-21-17-13-15-18-22-26-33-42-50-58-75(80)88-64-73(95-78(83)61-53-45-35-29-28-32-40-48-56-70(7)10-2)66-92-96(84,85)90-62-72(79)63-91-97(86,87)93-67-74(65-89-76(81)59-51-43-37-36-41-49-57-71(8)11-3)94-77(82)60-52-44-34-27-23-19-14-12-16-20-24-30-38-46-54-68(4)5/h68-74,79H,9-67H2,1-8H3,(H,84,85)(H,86,87)/t69?,70?,71?,72-,73-,74-/m1/s1. The Morgan fingerprint density at radius 2 is 0.495 bits per heavy atom. The number of carbonyl (C=O) groups is 4. The van der Waals surface area contributed by atoms with Gasteiger partial charge in [-0.2, -0.15) is 0 Å². The summed E-state index contributed by atoms with van der Waals surface area (Å²) in [5, 5.41) is 10.6. The Balaban J connectivity index is 5.22. The van der Waals surface area contributed by atoms with E-state index in [-0.39, 0.29) is 25.7 Å². The van der Waals surface area contributed by atoms with Crippen molar-refractivity contribution in [2.24, 2.45) is 23.7 Å². The Morgan fingerprint density at radius 3 is 0.732 bits per heavy atom. The number of phosphoric acid groups is 2. The van der Waals surface area contributed by atoms with Gasteiger partial charge in [-0.05, 0) is 49.4 Å². The third-order valence-electron chi connectivity index (χ3n) is 19.2. The van der Waals surface area contributed by atoms with Gasteiger partial charge < -0.3 is 33.8 Å². The summed E-state index contributed by atoms with van der Waals surface area (Å²) < 4.78 is 68.6. The average molecular weight is 1420 g/mol. The molecule has 5 unspecified atom stereocenters. The average Bonchev–Trinajstić information content (AvgIpc) is 1.12. The molecular formula is C78H152O17P2. The number of aliphatic hydroxyl groups excluding tert-OH is 1. The molecular weight excluding hydrogens is 1270 g/mol. The van der Waals surface area contributed by atoms with Gasteiger partial charge in [-0.1, -0.05) is 344 Å². The van der Waals surface area contributed by atoms with Crippen molar-refractivity contribution in [1.29, 1.82) is 0 Å². The molecule has 0 saturated heterocycles. The molecule has 0 fully saturated rings. The molecule has 0 rings (SSSR count). The van der Waals surface area contributed by atoms with Crippen LogP contribution in [0.4, 0.5) is 0 Å². The Hall–Kier alpha value is -1.94. The van der Waals surface area contributed by atoms with Crippen LogP contribution in [0.2, 0.25) is 0 Å². The summed E-state index contributed by atoms with van der Waals surface area (Å²) >= 11 is 0. The molecule has 0 heterocycles. The maximum atomic E-state index is 13.1. The van der Waals surface area contributed by atoms with Crippen LogP contribution in [0.1, 0.15) is 396 Å². The predicted octanol–water partition coefficient (Wildman–Crippen LogP) is 22.8. The minimum atomic E-state index is -4.96. The summed E-state index contributed by atoms with van der Waals surface area (Å²) in [6, 6.07) is 0. The zero-order chi connectivity index (χ0) is 71.7. The number of hydrogen-bond acceptors (Lipinski definition) is 15. The second-order valence-corrected chi connectivity index (χ2v) is 32.2. The van der Waals surface area contributed by atoms with Crippen molar-refractivity contribution >= 4 is 39.5 Å². The van der Waals surface area contributed by atoms with E-state index in [1.165, 1.54) is 193 Å². The molecule has 0 saturated carbocycles. The number of unbranched alkanes of at least 4 members (excludes halogenated alkanes) is 38. The molecule has 0 amide bonds. The summed E-state index contributed by atoms with van der Waals surface area (Å²) in [4.78, 5) is 72.9. The zero-order valence-corrected chi connectivity index (χ0v) is 65.5. The largest absolute Gasteiger partial charge is 0.472 e. The first-order valence-corrected chi connectivity index (χ1v) is 43.3. The van der Waals surface area contributed by atoms with E-state index in [9.17, 15) is 43.2 Å². The number of aliphatic hydroxyl groups is 1. The van der Waals surface area contributed by atoms with Gasteiger partial charge in [0.15, 0.2) is 12.2 Å². The summed E-state index contributed by atoms with van der Waals surface area (Å²) in [7, 11) is -9.92. The molecule has 0 aromatic rings. The fourth-order valence-corrected chi connectivity index (χ4v) is 13.4. The van der Waals surface area contributed by atoms with Crippen LogP contribution in [0.3, 0.4) is 0 Å². The fourth-order valence-electron chi connectivity index (χ4n) is 11.8. The Morgan fingerprint density at radius 1 is 0.289 bits per heavy atom. The maximum absolute atomic E-state index is 13.1. The number of hydrogen-bond donors (Lipinski definition) is 3. The molecule has 97 heavy (non-hydrogen) atoms. The fraction of sp³-hybridized carbons (Fsp3) is 0.949. The third-order valence-corrected chi connectivity index (χ3v) is 21.1. The lowest BCUT2D eigenvalue weighted by molar-refractivity contribution is -0.161. The molecule has 576 valence electrons. The van der Waals surface area contributed by atoms with Crippen LogP contribution in [0, 0.1) is 23.7 Å². The second-order valence-electron chi connectivity index (χ2n) is 29.3. The van der Waals surface area contributed by atoms with Crippen LogP contribution in [-0.4, -0.2) is 96.7 Å². The molecule has 0 spiro atoms. The van der Waals surface area contributed by atoms with Gasteiger partial charge in [-0.25, -0.2) is 9.13 Å². The van der Waals surface area contributed by atoms with Gasteiger partial charge >= 0.3 is 39.5 Å². The van der Waals surface area contributed by atoms with E-state index in [1.807, 2.05) is 0 Å². The normalized spacial score (nSPS) is 14.9. The van der Waals surface area contributed by atoms with Gasteiger partial charge in [-0.3, -0.25) is 37.3 Å². The number of ether oxygens (including phenoxy) is 4. The molecule has 19 heteroatoms. The molecule has 8 atom stereocenters. The van der Waals surface area contributed by atoms with E-state index in [1.54, 1.807) is 0 Å². The van der Waals surface area contributed by atoms with Crippen molar-refractivity contribution < 1.29 is 80.2 Å². The van der Waals surface area contributed by atoms with E-state index >= 15 is 0 Å². The van der Waals surface area contributed by atoms with Gasteiger partial charge in [0.1, 0.15) is 19.3 Å². The van der Waals surface area contributed by atoms with Crippen molar-refractivity contribution in [1.82, 2.24) is 0 Å². The molecule has 0 aromatic carbocycles. The van der Waals surface area contributed by atoms with Crippen molar-refractivity contribution in [3.8, 4) is 0 Å². The lowest BCUT2D eigenvalue weighted by Crippen LogP contribution is -2.30. The molecule has 3 N–H and O–H groups in total. The minimum Gasteiger partial charge on any atom is -0.462 e. The van der Waals surface area contributed by atoms with Gasteiger partial charge in [-0.15, -0.1) is 0 Å². The molecule has 0 bridgehead atoms. The van der Waals surface area contributed by atoms with E-state index in [2.05, 4.69) is 55.4 Å². The predicted molar refractivity (Wildman–Crippen MR) is 395 cm³/mol. The summed E-state index contributed by atoms with van der Waals surface area (Å²) in [5.74, 6) is 1.03.